The predicted molar refractivity (Wildman–Crippen MR) is 99.9 cm³/mol. The van der Waals surface area contributed by atoms with Crippen molar-refractivity contribution >= 4 is 21.8 Å². The number of aryl methyl sites for hydroxylation is 1. The fraction of sp³-hybridized carbons (Fsp3) is 0.632. The van der Waals surface area contributed by atoms with Gasteiger partial charge >= 0.3 is 0 Å². The standard InChI is InChI=1S/C19H30BrNO2/c1-4-6-8-16(5-2)14-21-19(22)9-7-12-23-18-11-10-15(3)13-17(18)20/h10-11,13,16H,4-9,12,14H2,1-3H3,(H,21,22). The number of hydrogen-bond acceptors (Lipinski definition) is 2. The number of ether oxygens (including phenoxy) is 1. The lowest BCUT2D eigenvalue weighted by Gasteiger charge is -2.15. The van der Waals surface area contributed by atoms with E-state index >= 15 is 0 Å². The van der Waals surface area contributed by atoms with E-state index in [0.717, 1.165) is 29.6 Å². The quantitative estimate of drug-likeness (QED) is 0.529. The summed E-state index contributed by atoms with van der Waals surface area (Å²) in [4.78, 5) is 11.9. The van der Waals surface area contributed by atoms with Crippen LogP contribution in [0.2, 0.25) is 0 Å². The summed E-state index contributed by atoms with van der Waals surface area (Å²) in [6.45, 7) is 7.81. The zero-order chi connectivity index (χ0) is 17.1. The first-order valence-electron chi connectivity index (χ1n) is 8.72. The van der Waals surface area contributed by atoms with Crippen LogP contribution in [-0.4, -0.2) is 19.1 Å². The first-order valence-corrected chi connectivity index (χ1v) is 9.51. The molecule has 4 heteroatoms. The van der Waals surface area contributed by atoms with Gasteiger partial charge in [-0.2, -0.15) is 0 Å². The van der Waals surface area contributed by atoms with Gasteiger partial charge in [0, 0.05) is 13.0 Å². The van der Waals surface area contributed by atoms with Crippen molar-refractivity contribution in [2.24, 2.45) is 5.92 Å². The maximum Gasteiger partial charge on any atom is 0.220 e. The number of rotatable bonds is 11. The highest BCUT2D eigenvalue weighted by atomic mass is 79.9. The first-order chi connectivity index (χ1) is 11.1. The van der Waals surface area contributed by atoms with Gasteiger partial charge in [0.15, 0.2) is 0 Å². The smallest absolute Gasteiger partial charge is 0.220 e. The Morgan fingerprint density at radius 3 is 2.74 bits per heavy atom. The molecule has 0 spiro atoms. The van der Waals surface area contributed by atoms with Crippen molar-refractivity contribution in [2.75, 3.05) is 13.2 Å². The van der Waals surface area contributed by atoms with Crippen LogP contribution in [0.1, 0.15) is 57.9 Å². The second kappa shape index (κ2) is 11.5. The zero-order valence-corrected chi connectivity index (χ0v) is 16.2. The second-order valence-electron chi connectivity index (χ2n) is 6.11. The van der Waals surface area contributed by atoms with Crippen LogP contribution in [0.25, 0.3) is 0 Å². The second-order valence-corrected chi connectivity index (χ2v) is 6.96. The molecule has 1 aromatic rings. The van der Waals surface area contributed by atoms with Gasteiger partial charge in [-0.25, -0.2) is 0 Å². The summed E-state index contributed by atoms with van der Waals surface area (Å²) in [5.74, 6) is 1.58. The van der Waals surface area contributed by atoms with Crippen LogP contribution in [0, 0.1) is 12.8 Å². The van der Waals surface area contributed by atoms with Crippen molar-refractivity contribution in [2.45, 2.75) is 59.3 Å². The Bertz CT molecular complexity index is 476. The molecule has 0 aromatic heterocycles. The van der Waals surface area contributed by atoms with Gasteiger partial charge < -0.3 is 10.1 Å². The van der Waals surface area contributed by atoms with Crippen molar-refractivity contribution in [1.82, 2.24) is 5.32 Å². The molecule has 0 fully saturated rings. The minimum absolute atomic E-state index is 0.131. The van der Waals surface area contributed by atoms with Crippen molar-refractivity contribution in [1.29, 1.82) is 0 Å². The summed E-state index contributed by atoms with van der Waals surface area (Å²) in [7, 11) is 0. The minimum Gasteiger partial charge on any atom is -0.492 e. The molecule has 1 amide bonds. The molecule has 1 N–H and O–H groups in total. The van der Waals surface area contributed by atoms with Gasteiger partial charge in [-0.1, -0.05) is 39.2 Å². The Labute approximate surface area is 149 Å². The van der Waals surface area contributed by atoms with Crippen molar-refractivity contribution in [3.63, 3.8) is 0 Å². The van der Waals surface area contributed by atoms with Crippen LogP contribution in [0.5, 0.6) is 5.75 Å². The van der Waals surface area contributed by atoms with Gasteiger partial charge in [0.05, 0.1) is 11.1 Å². The van der Waals surface area contributed by atoms with Gasteiger partial charge in [-0.15, -0.1) is 0 Å². The molecule has 1 atom stereocenters. The normalized spacial score (nSPS) is 12.0. The molecule has 0 radical (unpaired) electrons. The van der Waals surface area contributed by atoms with E-state index in [4.69, 9.17) is 4.74 Å². The van der Waals surface area contributed by atoms with E-state index < -0.39 is 0 Å². The molecular weight excluding hydrogens is 354 g/mol. The summed E-state index contributed by atoms with van der Waals surface area (Å²) in [5, 5.41) is 3.06. The van der Waals surface area contributed by atoms with Crippen LogP contribution in [0.3, 0.4) is 0 Å². The van der Waals surface area contributed by atoms with Crippen molar-refractivity contribution < 1.29 is 9.53 Å². The SMILES string of the molecule is CCCCC(CC)CNC(=O)CCCOc1ccc(C)cc1Br. The third kappa shape index (κ3) is 8.40. The Kier molecular flexibility index (Phi) is 10.0. The van der Waals surface area contributed by atoms with Gasteiger partial charge in [0.2, 0.25) is 5.91 Å². The molecule has 23 heavy (non-hydrogen) atoms. The van der Waals surface area contributed by atoms with Crippen LogP contribution in [0.4, 0.5) is 0 Å². The lowest BCUT2D eigenvalue weighted by molar-refractivity contribution is -0.121. The maximum atomic E-state index is 11.9. The van der Waals surface area contributed by atoms with Crippen molar-refractivity contribution in [3.05, 3.63) is 28.2 Å². The fourth-order valence-electron chi connectivity index (χ4n) is 2.43. The highest BCUT2D eigenvalue weighted by Gasteiger charge is 2.08. The number of amides is 1. The van der Waals surface area contributed by atoms with E-state index in [0.29, 0.717) is 18.9 Å². The zero-order valence-electron chi connectivity index (χ0n) is 14.7. The van der Waals surface area contributed by atoms with Crippen molar-refractivity contribution in [3.8, 4) is 5.75 Å². The Morgan fingerprint density at radius 2 is 2.09 bits per heavy atom. The number of carbonyl (C=O) groups is 1. The summed E-state index contributed by atoms with van der Waals surface area (Å²) in [5.41, 5.74) is 1.19. The van der Waals surface area contributed by atoms with E-state index in [9.17, 15) is 4.79 Å². The number of halogens is 1. The average molecular weight is 384 g/mol. The first kappa shape index (κ1) is 20.0. The Morgan fingerprint density at radius 1 is 1.30 bits per heavy atom. The third-order valence-corrected chi connectivity index (χ3v) is 4.64. The van der Waals surface area contributed by atoms with E-state index in [2.05, 4.69) is 35.1 Å². The molecule has 130 valence electrons. The summed E-state index contributed by atoms with van der Waals surface area (Å²) in [6, 6.07) is 6.01. The minimum atomic E-state index is 0.131. The van der Waals surface area contributed by atoms with Gasteiger partial charge in [0.1, 0.15) is 5.75 Å². The molecule has 3 nitrogen and oxygen atoms in total. The van der Waals surface area contributed by atoms with E-state index in [1.807, 2.05) is 25.1 Å². The molecule has 0 bridgehead atoms. The molecule has 0 saturated carbocycles. The number of benzene rings is 1. The molecule has 1 rings (SSSR count). The van der Waals surface area contributed by atoms with E-state index in [1.165, 1.54) is 24.8 Å². The molecule has 0 heterocycles. The molecule has 0 aliphatic rings. The van der Waals surface area contributed by atoms with Crippen LogP contribution in [-0.2, 0) is 4.79 Å². The number of nitrogens with one attached hydrogen (secondary N) is 1. The van der Waals surface area contributed by atoms with Gasteiger partial charge in [-0.05, 0) is 59.3 Å². The third-order valence-electron chi connectivity index (χ3n) is 4.02. The molecular formula is C19H30BrNO2. The lowest BCUT2D eigenvalue weighted by Crippen LogP contribution is -2.29. The maximum absolute atomic E-state index is 11.9. The monoisotopic (exact) mass is 383 g/mol. The van der Waals surface area contributed by atoms with E-state index in [1.54, 1.807) is 0 Å². The molecule has 1 unspecified atom stereocenters. The predicted octanol–water partition coefficient (Wildman–Crippen LogP) is 5.25. The van der Waals surface area contributed by atoms with Gasteiger partial charge in [0.25, 0.3) is 0 Å². The largest absolute Gasteiger partial charge is 0.492 e. The summed E-state index contributed by atoms with van der Waals surface area (Å²) < 4.78 is 6.68. The lowest BCUT2D eigenvalue weighted by atomic mass is 9.99. The average Bonchev–Trinajstić information content (AvgIpc) is 2.53. The van der Waals surface area contributed by atoms with Crippen LogP contribution < -0.4 is 10.1 Å². The summed E-state index contributed by atoms with van der Waals surface area (Å²) >= 11 is 3.49. The van der Waals surface area contributed by atoms with Gasteiger partial charge in [-0.3, -0.25) is 4.79 Å². The Balaban J connectivity index is 2.18. The molecule has 0 aliphatic carbocycles. The molecule has 0 saturated heterocycles. The van der Waals surface area contributed by atoms with E-state index in [-0.39, 0.29) is 5.91 Å². The summed E-state index contributed by atoms with van der Waals surface area (Å²) in [6.07, 6.45) is 6.05. The Hall–Kier alpha value is -1.03. The number of unbranched alkanes of at least 4 members (excludes halogenated alkanes) is 1. The van der Waals surface area contributed by atoms with Crippen LogP contribution in [0.15, 0.2) is 22.7 Å². The number of hydrogen-bond donors (Lipinski definition) is 1. The van der Waals surface area contributed by atoms with Crippen LogP contribution >= 0.6 is 15.9 Å². The molecule has 0 aliphatic heterocycles. The fourth-order valence-corrected chi connectivity index (χ4v) is 3.04. The topological polar surface area (TPSA) is 38.3 Å². The highest BCUT2D eigenvalue weighted by molar-refractivity contribution is 9.10. The number of carbonyl (C=O) groups excluding carboxylic acids is 1. The molecule has 1 aromatic carbocycles. The highest BCUT2D eigenvalue weighted by Crippen LogP contribution is 2.25.